The van der Waals surface area contributed by atoms with Crippen molar-refractivity contribution in [2.75, 3.05) is 0 Å². The van der Waals surface area contributed by atoms with E-state index in [2.05, 4.69) is 14.8 Å². The zero-order valence-corrected chi connectivity index (χ0v) is 7.04. The van der Waals surface area contributed by atoms with E-state index in [9.17, 15) is 4.79 Å². The molecule has 64 valence electrons. The lowest BCUT2D eigenvalue weighted by molar-refractivity contribution is -0.147. The Labute approximate surface area is 72.6 Å². The Bertz CT molecular complexity index is 294. The summed E-state index contributed by atoms with van der Waals surface area (Å²) in [5.41, 5.74) is -0.756. The Balaban J connectivity index is 2.35. The topological polar surface area (TPSA) is 76.0 Å². The largest absolute Gasteiger partial charge is 0.481 e. The predicted molar refractivity (Wildman–Crippen MR) is 40.9 cm³/mol. The first-order chi connectivity index (χ1) is 5.76. The monoisotopic (exact) mass is 185 g/mol. The van der Waals surface area contributed by atoms with Crippen molar-refractivity contribution in [2.24, 2.45) is 0 Å². The van der Waals surface area contributed by atoms with E-state index in [0.717, 1.165) is 18.0 Å². The van der Waals surface area contributed by atoms with E-state index in [1.807, 2.05) is 0 Å². The Morgan fingerprint density at radius 2 is 2.33 bits per heavy atom. The molecule has 12 heavy (non-hydrogen) atoms. The van der Waals surface area contributed by atoms with Gasteiger partial charge in [-0.1, -0.05) is 10.9 Å². The number of carbonyl (C=O) groups is 1. The van der Waals surface area contributed by atoms with Gasteiger partial charge in [0.05, 0.1) is 0 Å². The lowest BCUT2D eigenvalue weighted by Crippen LogP contribution is -2.42. The molecule has 6 heteroatoms. The number of hydrogen-bond donors (Lipinski definition) is 1. The summed E-state index contributed by atoms with van der Waals surface area (Å²) in [6.07, 6.45) is 2.28. The molecular formula is C6H7N3O2S. The van der Waals surface area contributed by atoms with E-state index in [1.54, 1.807) is 0 Å². The highest BCUT2D eigenvalue weighted by atomic mass is 32.1. The van der Waals surface area contributed by atoms with Crippen molar-refractivity contribution in [2.45, 2.75) is 24.7 Å². The van der Waals surface area contributed by atoms with E-state index in [0.29, 0.717) is 17.8 Å². The molecule has 1 aliphatic carbocycles. The number of carboxylic acids is 1. The van der Waals surface area contributed by atoms with Crippen molar-refractivity contribution >= 4 is 17.5 Å². The second kappa shape index (κ2) is 2.48. The molecule has 1 aromatic heterocycles. The fourth-order valence-corrected chi connectivity index (χ4v) is 2.06. The summed E-state index contributed by atoms with van der Waals surface area (Å²) in [5.74, 6) is -0.799. The smallest absolute Gasteiger partial charge is 0.316 e. The van der Waals surface area contributed by atoms with Gasteiger partial charge in [-0.2, -0.15) is 0 Å². The lowest BCUT2D eigenvalue weighted by atomic mass is 9.69. The van der Waals surface area contributed by atoms with Crippen LogP contribution in [0.1, 0.15) is 24.3 Å². The van der Waals surface area contributed by atoms with Crippen LogP contribution in [-0.2, 0) is 10.2 Å². The van der Waals surface area contributed by atoms with Gasteiger partial charge in [0.25, 0.3) is 0 Å². The Morgan fingerprint density at radius 1 is 1.58 bits per heavy atom. The normalized spacial score (nSPS) is 20.0. The summed E-state index contributed by atoms with van der Waals surface area (Å²) in [5, 5.41) is 16.6. The van der Waals surface area contributed by atoms with Crippen molar-refractivity contribution in [3.63, 3.8) is 0 Å². The minimum atomic E-state index is -0.799. The van der Waals surface area contributed by atoms with Crippen LogP contribution in [0.25, 0.3) is 0 Å². The molecular weight excluding hydrogens is 178 g/mol. The van der Waals surface area contributed by atoms with E-state index in [1.165, 1.54) is 0 Å². The van der Waals surface area contributed by atoms with Gasteiger partial charge in [0.1, 0.15) is 5.41 Å². The molecule has 2 rings (SSSR count). The number of hydrogen-bond acceptors (Lipinski definition) is 5. The van der Waals surface area contributed by atoms with Crippen LogP contribution in [-0.4, -0.2) is 25.9 Å². The van der Waals surface area contributed by atoms with Crippen LogP contribution in [0.2, 0.25) is 0 Å². The van der Waals surface area contributed by atoms with E-state index in [4.69, 9.17) is 5.11 Å². The van der Waals surface area contributed by atoms with Crippen molar-refractivity contribution in [3.8, 4) is 0 Å². The second-order valence-electron chi connectivity index (χ2n) is 2.91. The van der Waals surface area contributed by atoms with Gasteiger partial charge < -0.3 is 5.11 Å². The first-order valence-corrected chi connectivity index (χ1v) is 4.42. The molecule has 0 unspecified atom stereocenters. The molecule has 1 aromatic rings. The third-order valence-corrected chi connectivity index (χ3v) is 3.13. The van der Waals surface area contributed by atoms with E-state index < -0.39 is 11.4 Å². The third kappa shape index (κ3) is 0.842. The van der Waals surface area contributed by atoms with Gasteiger partial charge in [-0.25, -0.2) is 0 Å². The SMILES string of the molecule is O=C(O)C1(c2nnns2)CCC1. The van der Waals surface area contributed by atoms with Gasteiger partial charge >= 0.3 is 5.97 Å². The van der Waals surface area contributed by atoms with Crippen molar-refractivity contribution < 1.29 is 9.90 Å². The standard InChI is InChI=1S/C6H7N3O2S/c10-5(11)6(2-1-3-6)4-7-8-9-12-4/h1-3H2,(H,10,11). The molecule has 0 radical (unpaired) electrons. The molecule has 0 bridgehead atoms. The highest BCUT2D eigenvalue weighted by Crippen LogP contribution is 2.43. The first kappa shape index (κ1) is 7.60. The van der Waals surface area contributed by atoms with Crippen LogP contribution in [0.5, 0.6) is 0 Å². The predicted octanol–water partition coefficient (Wildman–Crippen LogP) is 0.439. The van der Waals surface area contributed by atoms with E-state index in [-0.39, 0.29) is 0 Å². The van der Waals surface area contributed by atoms with Crippen LogP contribution in [0.3, 0.4) is 0 Å². The maximum absolute atomic E-state index is 10.9. The fourth-order valence-electron chi connectivity index (χ4n) is 1.37. The van der Waals surface area contributed by atoms with Gasteiger partial charge in [0.2, 0.25) is 0 Å². The lowest BCUT2D eigenvalue weighted by Gasteiger charge is -2.34. The molecule has 0 amide bonds. The molecule has 0 aliphatic heterocycles. The summed E-state index contributed by atoms with van der Waals surface area (Å²) in [7, 11) is 0. The van der Waals surface area contributed by atoms with Gasteiger partial charge in [-0.15, -0.1) is 5.10 Å². The Kier molecular flexibility index (Phi) is 1.57. The fraction of sp³-hybridized carbons (Fsp3) is 0.667. The van der Waals surface area contributed by atoms with Crippen LogP contribution in [0.4, 0.5) is 0 Å². The van der Waals surface area contributed by atoms with Gasteiger partial charge in [-0.3, -0.25) is 4.79 Å². The number of aromatic nitrogens is 3. The van der Waals surface area contributed by atoms with Crippen molar-refractivity contribution in [1.82, 2.24) is 14.8 Å². The first-order valence-electron chi connectivity index (χ1n) is 3.65. The summed E-state index contributed by atoms with van der Waals surface area (Å²) in [6, 6.07) is 0. The van der Waals surface area contributed by atoms with Crippen LogP contribution in [0, 0.1) is 0 Å². The summed E-state index contributed by atoms with van der Waals surface area (Å²) in [6.45, 7) is 0. The van der Waals surface area contributed by atoms with Gasteiger partial charge in [0, 0.05) is 11.5 Å². The maximum atomic E-state index is 10.9. The average molecular weight is 185 g/mol. The highest BCUT2D eigenvalue weighted by Gasteiger charge is 2.49. The second-order valence-corrected chi connectivity index (χ2v) is 3.64. The van der Waals surface area contributed by atoms with Gasteiger partial charge in [-0.05, 0) is 18.1 Å². The molecule has 1 fully saturated rings. The number of carboxylic acid groups (broad SMARTS) is 1. The van der Waals surface area contributed by atoms with Crippen molar-refractivity contribution in [3.05, 3.63) is 5.01 Å². The summed E-state index contributed by atoms with van der Waals surface area (Å²) >= 11 is 1.08. The number of aliphatic carboxylic acids is 1. The molecule has 5 nitrogen and oxygen atoms in total. The summed E-state index contributed by atoms with van der Waals surface area (Å²) in [4.78, 5) is 10.9. The molecule has 0 aromatic carbocycles. The number of rotatable bonds is 2. The van der Waals surface area contributed by atoms with Crippen LogP contribution < -0.4 is 0 Å². The molecule has 0 atom stereocenters. The summed E-state index contributed by atoms with van der Waals surface area (Å²) < 4.78 is 3.57. The quantitative estimate of drug-likeness (QED) is 0.723. The molecule has 0 spiro atoms. The zero-order chi connectivity index (χ0) is 8.60. The van der Waals surface area contributed by atoms with Crippen LogP contribution >= 0.6 is 11.5 Å². The average Bonchev–Trinajstić information content (AvgIpc) is 2.35. The third-order valence-electron chi connectivity index (χ3n) is 2.33. The Morgan fingerprint density at radius 3 is 2.67 bits per heavy atom. The minimum Gasteiger partial charge on any atom is -0.481 e. The van der Waals surface area contributed by atoms with Crippen molar-refractivity contribution in [1.29, 1.82) is 0 Å². The van der Waals surface area contributed by atoms with Gasteiger partial charge in [0.15, 0.2) is 5.01 Å². The van der Waals surface area contributed by atoms with Crippen LogP contribution in [0.15, 0.2) is 0 Å². The minimum absolute atomic E-state index is 0.543. The molecule has 1 heterocycles. The Hall–Kier alpha value is -1.04. The molecule has 0 saturated heterocycles. The highest BCUT2D eigenvalue weighted by molar-refractivity contribution is 7.05. The molecule has 1 saturated carbocycles. The maximum Gasteiger partial charge on any atom is 0.316 e. The van der Waals surface area contributed by atoms with E-state index >= 15 is 0 Å². The molecule has 1 aliphatic rings. The zero-order valence-electron chi connectivity index (χ0n) is 6.23. The number of nitrogens with zero attached hydrogens (tertiary/aromatic N) is 3. The molecule has 1 N–H and O–H groups in total.